The Hall–Kier alpha value is -1.84. The Bertz CT molecular complexity index is 918. The molecule has 0 saturated heterocycles. The molecule has 1 aromatic carbocycles. The zero-order valence-electron chi connectivity index (χ0n) is 12.2. The second kappa shape index (κ2) is 7.82. The molecular weight excluding hydrogens is 378 g/mol. The molecule has 6 heteroatoms. The molecule has 2 aromatic heterocycles. The Morgan fingerprint density at radius 3 is 2.58 bits per heavy atom. The van der Waals surface area contributed by atoms with Gasteiger partial charge in [0.25, 0.3) is 0 Å². The van der Waals surface area contributed by atoms with Gasteiger partial charge in [-0.1, -0.05) is 29.4 Å². The number of hydrogen-bond acceptors (Lipinski definition) is 5. The van der Waals surface area contributed by atoms with Gasteiger partial charge in [-0.05, 0) is 53.2 Å². The summed E-state index contributed by atoms with van der Waals surface area (Å²) in [5.41, 5.74) is 1.02. The number of rotatable bonds is 5. The largest absolute Gasteiger partial charge is 0.287 e. The minimum Gasteiger partial charge on any atom is -0.287 e. The van der Waals surface area contributed by atoms with Gasteiger partial charge in [-0.15, -0.1) is 22.7 Å². The van der Waals surface area contributed by atoms with E-state index < -0.39 is 0 Å². The first-order chi connectivity index (χ1) is 11.7. The number of allylic oxidation sites excluding steroid dienone is 1. The highest BCUT2D eigenvalue weighted by Gasteiger charge is 2.14. The summed E-state index contributed by atoms with van der Waals surface area (Å²) >= 11 is 10.4. The second-order valence-electron chi connectivity index (χ2n) is 4.70. The number of thiophene rings is 2. The van der Waals surface area contributed by atoms with E-state index in [0.29, 0.717) is 9.90 Å². The number of Topliss-reactive ketones (excluding diaryl/α,β-unsaturated/α-hetero) is 1. The third-order valence-electron chi connectivity index (χ3n) is 3.09. The number of ketones is 1. The molecule has 3 aromatic rings. The Labute approximate surface area is 157 Å². The molecule has 0 amide bonds. The fraction of sp³-hybridized carbons (Fsp3) is 0. The third-order valence-corrected chi connectivity index (χ3v) is 6.40. The zero-order valence-corrected chi connectivity index (χ0v) is 15.4. The molecule has 0 bridgehead atoms. The highest BCUT2D eigenvalue weighted by atomic mass is 35.5. The van der Waals surface area contributed by atoms with Crippen molar-refractivity contribution in [3.8, 4) is 6.07 Å². The van der Waals surface area contributed by atoms with E-state index in [1.165, 1.54) is 11.3 Å². The predicted octanol–water partition coefficient (Wildman–Crippen LogP) is 6.40. The normalized spacial score (nSPS) is 11.2. The topological polar surface area (TPSA) is 40.9 Å². The van der Waals surface area contributed by atoms with Crippen LogP contribution in [0.2, 0.25) is 5.02 Å². The van der Waals surface area contributed by atoms with Gasteiger partial charge in [0.1, 0.15) is 11.6 Å². The van der Waals surface area contributed by atoms with Gasteiger partial charge in [0.2, 0.25) is 5.78 Å². The molecule has 0 N–H and O–H groups in total. The molecule has 0 spiro atoms. The maximum Gasteiger partial charge on any atom is 0.213 e. The standard InChI is InChI=1S/C18H10ClNOS3/c19-14-3-5-15(6-4-14)24-18-12(7-9-23-18)10-13(11-20)17(21)16-2-1-8-22-16/h1-10H/b13-10-. The summed E-state index contributed by atoms with van der Waals surface area (Å²) in [5, 5.41) is 13.8. The van der Waals surface area contributed by atoms with Gasteiger partial charge in [-0.3, -0.25) is 4.79 Å². The SMILES string of the molecule is N#C/C(=C/c1ccsc1Sc1ccc(Cl)cc1)C(=O)c1cccs1. The average molecular weight is 388 g/mol. The van der Waals surface area contributed by atoms with Crippen molar-refractivity contribution in [1.29, 1.82) is 5.26 Å². The monoisotopic (exact) mass is 387 g/mol. The van der Waals surface area contributed by atoms with Gasteiger partial charge < -0.3 is 0 Å². The van der Waals surface area contributed by atoms with Crippen LogP contribution in [0, 0.1) is 11.3 Å². The van der Waals surface area contributed by atoms with Gasteiger partial charge in [-0.25, -0.2) is 0 Å². The van der Waals surface area contributed by atoms with Crippen LogP contribution < -0.4 is 0 Å². The summed E-state index contributed by atoms with van der Waals surface area (Å²) in [6.45, 7) is 0. The molecule has 118 valence electrons. The lowest BCUT2D eigenvalue weighted by Gasteiger charge is -2.02. The molecule has 24 heavy (non-hydrogen) atoms. The van der Waals surface area contributed by atoms with Crippen molar-refractivity contribution in [3.05, 3.63) is 74.3 Å². The first-order valence-electron chi connectivity index (χ1n) is 6.88. The number of nitrogens with zero attached hydrogens (tertiary/aromatic N) is 1. The highest BCUT2D eigenvalue weighted by Crippen LogP contribution is 2.36. The Morgan fingerprint density at radius 2 is 1.92 bits per heavy atom. The molecule has 2 nitrogen and oxygen atoms in total. The summed E-state index contributed by atoms with van der Waals surface area (Å²) in [6.07, 6.45) is 1.66. The summed E-state index contributed by atoms with van der Waals surface area (Å²) in [5.74, 6) is -0.235. The number of carbonyl (C=O) groups is 1. The molecule has 0 aliphatic carbocycles. The lowest BCUT2D eigenvalue weighted by Crippen LogP contribution is -1.98. The van der Waals surface area contributed by atoms with Crippen molar-refractivity contribution in [2.75, 3.05) is 0 Å². The third kappa shape index (κ3) is 3.97. The molecule has 3 rings (SSSR count). The van der Waals surface area contributed by atoms with Crippen LogP contribution in [-0.2, 0) is 0 Å². The maximum absolute atomic E-state index is 12.4. The van der Waals surface area contributed by atoms with Gasteiger partial charge in [0.05, 0.1) is 9.09 Å². The lowest BCUT2D eigenvalue weighted by atomic mass is 10.1. The van der Waals surface area contributed by atoms with Gasteiger partial charge in [-0.2, -0.15) is 5.26 Å². The minimum absolute atomic E-state index is 0.147. The van der Waals surface area contributed by atoms with Crippen LogP contribution in [0.1, 0.15) is 15.2 Å². The molecule has 0 radical (unpaired) electrons. The highest BCUT2D eigenvalue weighted by molar-refractivity contribution is 8.01. The van der Waals surface area contributed by atoms with E-state index in [2.05, 4.69) is 0 Å². The first-order valence-corrected chi connectivity index (χ1v) is 9.83. The van der Waals surface area contributed by atoms with E-state index in [4.69, 9.17) is 11.6 Å². The van der Waals surface area contributed by atoms with Gasteiger partial charge in [0, 0.05) is 15.5 Å². The van der Waals surface area contributed by atoms with Crippen LogP contribution in [0.25, 0.3) is 6.08 Å². The van der Waals surface area contributed by atoms with Crippen LogP contribution in [-0.4, -0.2) is 5.78 Å². The number of halogens is 1. The number of benzene rings is 1. The number of carbonyl (C=O) groups excluding carboxylic acids is 1. The van der Waals surface area contributed by atoms with Crippen molar-refractivity contribution in [2.24, 2.45) is 0 Å². The smallest absolute Gasteiger partial charge is 0.213 e. The molecular formula is C18H10ClNOS3. The number of nitriles is 1. The quantitative estimate of drug-likeness (QED) is 0.288. The fourth-order valence-electron chi connectivity index (χ4n) is 1.95. The molecule has 0 fully saturated rings. The number of hydrogen-bond donors (Lipinski definition) is 0. The molecule has 0 unspecified atom stereocenters. The van der Waals surface area contributed by atoms with E-state index in [1.807, 2.05) is 47.2 Å². The van der Waals surface area contributed by atoms with Crippen molar-refractivity contribution in [2.45, 2.75) is 9.10 Å². The van der Waals surface area contributed by atoms with Crippen molar-refractivity contribution < 1.29 is 4.79 Å². The average Bonchev–Trinajstić information content (AvgIpc) is 3.26. The van der Waals surface area contributed by atoms with E-state index in [0.717, 1.165) is 14.7 Å². The van der Waals surface area contributed by atoms with Crippen LogP contribution in [0.3, 0.4) is 0 Å². The predicted molar refractivity (Wildman–Crippen MR) is 102 cm³/mol. The molecule has 2 heterocycles. The summed E-state index contributed by atoms with van der Waals surface area (Å²) in [6, 6.07) is 15.1. The van der Waals surface area contributed by atoms with Gasteiger partial charge in [0.15, 0.2) is 0 Å². The van der Waals surface area contributed by atoms with E-state index in [-0.39, 0.29) is 11.4 Å². The van der Waals surface area contributed by atoms with Crippen LogP contribution in [0.5, 0.6) is 0 Å². The van der Waals surface area contributed by atoms with Crippen LogP contribution >= 0.6 is 46.0 Å². The zero-order chi connectivity index (χ0) is 16.9. The second-order valence-corrected chi connectivity index (χ2v) is 8.34. The Morgan fingerprint density at radius 1 is 1.12 bits per heavy atom. The summed E-state index contributed by atoms with van der Waals surface area (Å²) < 4.78 is 1.03. The van der Waals surface area contributed by atoms with Crippen LogP contribution in [0.4, 0.5) is 0 Å². The lowest BCUT2D eigenvalue weighted by molar-refractivity contribution is 0.104. The van der Waals surface area contributed by atoms with Crippen molar-refractivity contribution in [3.63, 3.8) is 0 Å². The van der Waals surface area contributed by atoms with Crippen molar-refractivity contribution >= 4 is 57.9 Å². The molecule has 0 aliphatic heterocycles. The Kier molecular flexibility index (Phi) is 5.54. The Balaban J connectivity index is 1.87. The van der Waals surface area contributed by atoms with Crippen LogP contribution in [0.15, 0.2) is 67.9 Å². The summed E-state index contributed by atoms with van der Waals surface area (Å²) in [4.78, 5) is 14.0. The maximum atomic E-state index is 12.4. The van der Waals surface area contributed by atoms with E-state index in [9.17, 15) is 10.1 Å². The van der Waals surface area contributed by atoms with E-state index in [1.54, 1.807) is 41.3 Å². The molecule has 0 atom stereocenters. The van der Waals surface area contributed by atoms with Crippen molar-refractivity contribution in [1.82, 2.24) is 0 Å². The molecule has 0 aliphatic rings. The first kappa shape index (κ1) is 17.0. The summed E-state index contributed by atoms with van der Waals surface area (Å²) in [7, 11) is 0. The minimum atomic E-state index is -0.235. The van der Waals surface area contributed by atoms with Gasteiger partial charge >= 0.3 is 0 Å². The molecule has 0 saturated carbocycles. The van der Waals surface area contributed by atoms with E-state index >= 15 is 0 Å². The fourth-order valence-corrected chi connectivity index (χ4v) is 4.73.